The second kappa shape index (κ2) is 7.41. The monoisotopic (exact) mass is 338 g/mol. The Bertz CT molecular complexity index is 496. The molecule has 106 valence electrons. The molecule has 1 heterocycles. The minimum atomic E-state index is -0.314. The van der Waals surface area contributed by atoms with E-state index in [-0.39, 0.29) is 44.1 Å². The van der Waals surface area contributed by atoms with E-state index in [1.165, 1.54) is 0 Å². The van der Waals surface area contributed by atoms with Crippen molar-refractivity contribution in [2.24, 2.45) is 0 Å². The molecular weight excluding hydrogens is 319 g/mol. The quantitative estimate of drug-likeness (QED) is 0.471. The van der Waals surface area contributed by atoms with Crippen LogP contribution < -0.4 is 4.46 Å². The van der Waals surface area contributed by atoms with Crippen LogP contribution in [0.25, 0.3) is 0 Å². The van der Waals surface area contributed by atoms with Crippen LogP contribution in [-0.2, 0) is 14.3 Å². The van der Waals surface area contributed by atoms with Crippen LogP contribution in [0.4, 0.5) is 0 Å². The molecule has 1 aromatic rings. The Morgan fingerprint density at radius 3 is 2.65 bits per heavy atom. The number of allylic oxidation sites excluding steroid dienone is 1. The van der Waals surface area contributed by atoms with E-state index in [1.807, 2.05) is 49.4 Å². The van der Waals surface area contributed by atoms with Crippen LogP contribution in [0.1, 0.15) is 26.2 Å². The Labute approximate surface area is 125 Å². The van der Waals surface area contributed by atoms with Crippen molar-refractivity contribution in [1.82, 2.24) is 0 Å². The Hall–Kier alpha value is -1.38. The number of cyclic esters (lactones) is 1. The molecule has 0 amide bonds. The fourth-order valence-corrected chi connectivity index (χ4v) is 4.18. The summed E-state index contributed by atoms with van der Waals surface area (Å²) in [5.74, 6) is -0.124. The summed E-state index contributed by atoms with van der Waals surface area (Å²) in [6, 6.07) is 9.86. The molecule has 2 atom stereocenters. The molecule has 0 radical (unpaired) electrons. The third-order valence-electron chi connectivity index (χ3n) is 3.00. The fraction of sp³-hybridized carbons (Fsp3) is 0.375. The number of carbonyl (C=O) groups is 2. The first kappa shape index (κ1) is 15.0. The number of rotatable bonds is 2. The number of carbonyl (C=O) groups excluding carboxylic acids is 2. The molecule has 2 unspecified atom stereocenters. The predicted molar refractivity (Wildman–Crippen MR) is 79.1 cm³/mol. The van der Waals surface area contributed by atoms with Gasteiger partial charge in [0, 0.05) is 0 Å². The van der Waals surface area contributed by atoms with Gasteiger partial charge in [0.2, 0.25) is 0 Å². The van der Waals surface area contributed by atoms with Gasteiger partial charge in [0.1, 0.15) is 0 Å². The van der Waals surface area contributed by atoms with E-state index < -0.39 is 0 Å². The molecule has 0 aliphatic carbocycles. The van der Waals surface area contributed by atoms with Crippen molar-refractivity contribution in [2.75, 3.05) is 0 Å². The average molecular weight is 337 g/mol. The van der Waals surface area contributed by atoms with Crippen molar-refractivity contribution in [1.29, 1.82) is 0 Å². The van der Waals surface area contributed by atoms with E-state index in [2.05, 4.69) is 0 Å². The van der Waals surface area contributed by atoms with Crippen LogP contribution in [0, 0.1) is 0 Å². The third kappa shape index (κ3) is 4.62. The molecule has 1 aromatic carbocycles. The number of ether oxygens (including phenoxy) is 1. The van der Waals surface area contributed by atoms with Crippen molar-refractivity contribution >= 4 is 31.2 Å². The zero-order chi connectivity index (χ0) is 14.4. The van der Waals surface area contributed by atoms with Crippen LogP contribution in [0.2, 0.25) is 4.82 Å². The van der Waals surface area contributed by atoms with Crippen LogP contribution in [0.15, 0.2) is 42.5 Å². The molecule has 0 saturated carbocycles. The summed E-state index contributed by atoms with van der Waals surface area (Å²) >= 11 is -0.0728. The molecule has 0 spiro atoms. The number of Topliss-reactive ketones (excluding diaryl/α,β-unsaturated/α-hetero) is 1. The summed E-state index contributed by atoms with van der Waals surface area (Å²) in [5.41, 5.74) is 0. The number of hydrogen-bond donors (Lipinski definition) is 0. The number of benzene rings is 1. The molecule has 1 aliphatic rings. The molecule has 3 nitrogen and oxygen atoms in total. The van der Waals surface area contributed by atoms with Gasteiger partial charge >= 0.3 is 125 Å². The van der Waals surface area contributed by atoms with Crippen molar-refractivity contribution in [3.05, 3.63) is 42.5 Å². The Kier molecular flexibility index (Phi) is 5.57. The number of hydrogen-bond acceptors (Lipinski definition) is 3. The molecule has 0 N–H and O–H groups in total. The number of ketones is 1. The number of esters is 1. The second-order valence-electron chi connectivity index (χ2n) is 4.82. The summed E-state index contributed by atoms with van der Waals surface area (Å²) in [5, 5.41) is 0. The maximum absolute atomic E-state index is 12.2. The van der Waals surface area contributed by atoms with Gasteiger partial charge < -0.3 is 0 Å². The van der Waals surface area contributed by atoms with E-state index in [0.717, 1.165) is 4.46 Å². The van der Waals surface area contributed by atoms with Gasteiger partial charge in [0.15, 0.2) is 0 Å². The van der Waals surface area contributed by atoms with Gasteiger partial charge in [0.25, 0.3) is 0 Å². The van der Waals surface area contributed by atoms with Crippen molar-refractivity contribution in [2.45, 2.75) is 37.1 Å². The van der Waals surface area contributed by atoms with Gasteiger partial charge in [-0.05, 0) is 0 Å². The van der Waals surface area contributed by atoms with Gasteiger partial charge in [-0.15, -0.1) is 0 Å². The van der Waals surface area contributed by atoms with E-state index in [4.69, 9.17) is 4.74 Å². The summed E-state index contributed by atoms with van der Waals surface area (Å²) in [7, 11) is 0. The van der Waals surface area contributed by atoms with Crippen LogP contribution in [-0.4, -0.2) is 32.8 Å². The van der Waals surface area contributed by atoms with Gasteiger partial charge in [-0.3, -0.25) is 0 Å². The fourth-order valence-electron chi connectivity index (χ4n) is 1.95. The molecule has 0 saturated heterocycles. The van der Waals surface area contributed by atoms with Crippen molar-refractivity contribution < 1.29 is 14.3 Å². The van der Waals surface area contributed by atoms with E-state index in [0.29, 0.717) is 12.8 Å². The molecular formula is C16H18O3Se. The molecule has 20 heavy (non-hydrogen) atoms. The molecule has 4 heteroatoms. The maximum atomic E-state index is 12.2. The van der Waals surface area contributed by atoms with Crippen molar-refractivity contribution in [3.8, 4) is 0 Å². The summed E-state index contributed by atoms with van der Waals surface area (Å²) in [6.07, 6.45) is 5.04. The van der Waals surface area contributed by atoms with Gasteiger partial charge in [-0.2, -0.15) is 0 Å². The Morgan fingerprint density at radius 2 is 1.90 bits per heavy atom. The van der Waals surface area contributed by atoms with E-state index in [9.17, 15) is 9.59 Å². The average Bonchev–Trinajstić information content (AvgIpc) is 2.43. The third-order valence-corrected chi connectivity index (χ3v) is 5.49. The molecule has 0 fully saturated rings. The topological polar surface area (TPSA) is 43.4 Å². The molecule has 2 rings (SSSR count). The first-order valence-corrected chi connectivity index (χ1v) is 8.58. The standard InChI is InChI=1S/C16H18O3Se/c1-12-7-5-6-8-13(17)11-15(16(18)19-12)20-14-9-3-2-4-10-14/h2-6,9-10,12,15H,7-8,11H2,1H3/b6-5-. The van der Waals surface area contributed by atoms with Crippen LogP contribution in [0.3, 0.4) is 0 Å². The van der Waals surface area contributed by atoms with Crippen molar-refractivity contribution in [3.63, 3.8) is 0 Å². The molecule has 1 aliphatic heterocycles. The summed E-state index contributed by atoms with van der Waals surface area (Å²) in [4.78, 5) is 23.8. The second-order valence-corrected chi connectivity index (χ2v) is 7.50. The SMILES string of the molecule is CC1C/C=C\CC(=O)CC([Se]c2ccccc2)C(=O)O1. The zero-order valence-electron chi connectivity index (χ0n) is 11.5. The van der Waals surface area contributed by atoms with Gasteiger partial charge in [-0.1, -0.05) is 0 Å². The molecule has 0 bridgehead atoms. The van der Waals surface area contributed by atoms with E-state index in [1.54, 1.807) is 0 Å². The normalized spacial score (nSPS) is 25.9. The van der Waals surface area contributed by atoms with Gasteiger partial charge in [0.05, 0.1) is 0 Å². The van der Waals surface area contributed by atoms with E-state index >= 15 is 0 Å². The van der Waals surface area contributed by atoms with Crippen LogP contribution >= 0.6 is 0 Å². The Morgan fingerprint density at radius 1 is 1.15 bits per heavy atom. The summed E-state index contributed by atoms with van der Waals surface area (Å²) in [6.45, 7) is 1.89. The Balaban J connectivity index is 2.12. The predicted octanol–water partition coefficient (Wildman–Crippen LogP) is 2.05. The molecule has 0 aromatic heterocycles. The first-order valence-electron chi connectivity index (χ1n) is 6.74. The summed E-state index contributed by atoms with van der Waals surface area (Å²) < 4.78 is 6.55. The zero-order valence-corrected chi connectivity index (χ0v) is 13.2. The van der Waals surface area contributed by atoms with Gasteiger partial charge in [-0.25, -0.2) is 0 Å². The van der Waals surface area contributed by atoms with Crippen LogP contribution in [0.5, 0.6) is 0 Å². The minimum absolute atomic E-state index is 0.0728. The first-order chi connectivity index (χ1) is 9.65.